The van der Waals surface area contributed by atoms with Gasteiger partial charge in [0, 0.05) is 37.5 Å². The van der Waals surface area contributed by atoms with E-state index in [0.717, 1.165) is 22.0 Å². The molecular weight excluding hydrogens is 716 g/mol. The van der Waals surface area contributed by atoms with E-state index in [2.05, 4.69) is 33.9 Å². The fraction of sp³-hybridized carbons (Fsp3) is 0.436. The number of hydrogen-bond acceptors (Lipinski definition) is 10. The molecule has 12 nitrogen and oxygen atoms in total. The van der Waals surface area contributed by atoms with Crippen molar-refractivity contribution in [3.63, 3.8) is 0 Å². The van der Waals surface area contributed by atoms with E-state index in [1.165, 1.54) is 10.5 Å². The lowest BCUT2D eigenvalue weighted by Crippen LogP contribution is -2.49. The quantitative estimate of drug-likeness (QED) is 0.170. The Labute approximate surface area is 316 Å². The minimum atomic E-state index is -1.01. The third-order valence-corrected chi connectivity index (χ3v) is 12.1. The topological polar surface area (TPSA) is 153 Å². The molecule has 4 aliphatic rings. The molecular formula is C39H41ClN6O6S. The molecule has 2 unspecified atom stereocenters. The van der Waals surface area contributed by atoms with E-state index >= 15 is 0 Å². The summed E-state index contributed by atoms with van der Waals surface area (Å²) < 4.78 is 8.04. The first-order chi connectivity index (χ1) is 25.5. The number of nitrogens with one attached hydrogen (secondary N) is 1. The van der Waals surface area contributed by atoms with Crippen LogP contribution in [0.3, 0.4) is 0 Å². The molecule has 4 atom stereocenters. The van der Waals surface area contributed by atoms with E-state index < -0.39 is 35.7 Å². The number of carbonyl (C=O) groups is 5. The number of amides is 4. The minimum Gasteiger partial charge on any atom is -0.381 e. The van der Waals surface area contributed by atoms with Crippen LogP contribution in [0.4, 0.5) is 0 Å². The van der Waals surface area contributed by atoms with E-state index in [4.69, 9.17) is 21.3 Å². The summed E-state index contributed by atoms with van der Waals surface area (Å²) in [7, 11) is 0. The third kappa shape index (κ3) is 7.26. The second-order valence-corrected chi connectivity index (χ2v) is 15.7. The first-order valence-electron chi connectivity index (χ1n) is 18.1. The molecule has 0 spiro atoms. The highest BCUT2D eigenvalue weighted by molar-refractivity contribution is 8.03. The first-order valence-corrected chi connectivity index (χ1v) is 19.3. The van der Waals surface area contributed by atoms with Crippen LogP contribution < -0.4 is 5.32 Å². The fourth-order valence-corrected chi connectivity index (χ4v) is 9.34. The molecule has 1 N–H and O–H groups in total. The molecule has 4 amide bonds. The molecule has 1 aromatic heterocycles. The number of ether oxygens (including phenoxy) is 1. The van der Waals surface area contributed by atoms with Crippen molar-refractivity contribution in [3.8, 4) is 0 Å². The van der Waals surface area contributed by atoms with Gasteiger partial charge in [0.1, 0.15) is 23.7 Å². The lowest BCUT2D eigenvalue weighted by Gasteiger charge is -2.23. The number of aryl methyl sites for hydroxylation is 2. The SMILES string of the molecule is CC1=C(C)C2C(c3ccc(Cl)cc3)=N[C@@H](CC(=O)CCCOCCCc3cccc4c3C(=O)N([C@H]3CCCC(=O)NC3=O)C4=O)c3nnc(C)n3C2S1. The zero-order chi connectivity index (χ0) is 37.4. The van der Waals surface area contributed by atoms with Gasteiger partial charge in [-0.3, -0.25) is 43.7 Å². The molecule has 4 aliphatic heterocycles. The number of Topliss-reactive ketones (excluding diaryl/α,β-unsaturated/α-hetero) is 1. The number of hydrogen-bond donors (Lipinski definition) is 1. The highest BCUT2D eigenvalue weighted by Crippen LogP contribution is 2.53. The van der Waals surface area contributed by atoms with Crippen LogP contribution >= 0.6 is 23.4 Å². The average Bonchev–Trinajstić information content (AvgIpc) is 3.65. The Hall–Kier alpha value is -4.46. The summed E-state index contributed by atoms with van der Waals surface area (Å²) in [6.45, 7) is 7.02. The van der Waals surface area contributed by atoms with Crippen LogP contribution in [0.5, 0.6) is 0 Å². The molecule has 0 radical (unpaired) electrons. The second-order valence-electron chi connectivity index (χ2n) is 13.9. The summed E-state index contributed by atoms with van der Waals surface area (Å²) in [6.07, 6.45) is 2.98. The minimum absolute atomic E-state index is 0.00680. The number of aromatic nitrogens is 3. The number of allylic oxidation sites excluding steroid dienone is 2. The monoisotopic (exact) mass is 756 g/mol. The molecule has 53 heavy (non-hydrogen) atoms. The van der Waals surface area contributed by atoms with Gasteiger partial charge in [-0.1, -0.05) is 41.4 Å². The van der Waals surface area contributed by atoms with Crippen LogP contribution in [0.25, 0.3) is 0 Å². The van der Waals surface area contributed by atoms with Crippen LogP contribution in [-0.4, -0.2) is 74.0 Å². The maximum absolute atomic E-state index is 13.5. The Morgan fingerprint density at radius 3 is 2.57 bits per heavy atom. The second kappa shape index (κ2) is 15.5. The van der Waals surface area contributed by atoms with Crippen molar-refractivity contribution < 1.29 is 28.7 Å². The zero-order valence-electron chi connectivity index (χ0n) is 29.9. The van der Waals surface area contributed by atoms with Crippen molar-refractivity contribution >= 4 is 58.5 Å². The van der Waals surface area contributed by atoms with E-state index in [9.17, 15) is 24.0 Å². The van der Waals surface area contributed by atoms with Gasteiger partial charge in [0.2, 0.25) is 11.8 Å². The number of benzene rings is 2. The number of imide groups is 2. The zero-order valence-corrected chi connectivity index (χ0v) is 31.5. The van der Waals surface area contributed by atoms with Crippen molar-refractivity contribution in [2.24, 2.45) is 10.9 Å². The molecule has 14 heteroatoms. The molecule has 7 rings (SSSR count). The number of halogens is 1. The standard InChI is InChI=1S/C39H41ClN6O6S/c1-21-22(2)53-39-32(21)34(25-14-16-26(40)17-15-25)41-29(35-44-43-23(3)45(35)39)20-27(47)10-7-19-52-18-6-9-24-8-4-11-28-33(24)38(51)46(37(28)50)30-12-5-13-31(48)42-36(30)49/h4,8,11,14-17,29-30,32,39H,5-7,9-10,12-13,18-20H2,1-3H3,(H,42,48,49)/t29-,30-,32?,39?/m0/s1. The van der Waals surface area contributed by atoms with Crippen LogP contribution in [0, 0.1) is 12.8 Å². The van der Waals surface area contributed by atoms with Gasteiger partial charge in [0.05, 0.1) is 28.1 Å². The summed E-state index contributed by atoms with van der Waals surface area (Å²) in [5.74, 6) is -0.489. The van der Waals surface area contributed by atoms with Crippen molar-refractivity contribution in [2.45, 2.75) is 89.6 Å². The van der Waals surface area contributed by atoms with Gasteiger partial charge in [0.15, 0.2) is 5.82 Å². The van der Waals surface area contributed by atoms with Gasteiger partial charge in [-0.05, 0) is 87.1 Å². The molecule has 276 valence electrons. The third-order valence-electron chi connectivity index (χ3n) is 10.5. The van der Waals surface area contributed by atoms with Gasteiger partial charge in [-0.25, -0.2) is 0 Å². The number of ketones is 1. The summed E-state index contributed by atoms with van der Waals surface area (Å²) in [5.41, 5.74) is 4.43. The molecule has 2 aromatic carbocycles. The van der Waals surface area contributed by atoms with Gasteiger partial charge in [-0.2, -0.15) is 0 Å². The Balaban J connectivity index is 0.941. The smallest absolute Gasteiger partial charge is 0.262 e. The van der Waals surface area contributed by atoms with Crippen LogP contribution in [0.2, 0.25) is 5.02 Å². The lowest BCUT2D eigenvalue weighted by molar-refractivity contribution is -0.131. The van der Waals surface area contributed by atoms with Crippen molar-refractivity contribution in [1.82, 2.24) is 25.0 Å². The summed E-state index contributed by atoms with van der Waals surface area (Å²) >= 11 is 8.02. The van der Waals surface area contributed by atoms with Crippen molar-refractivity contribution in [2.75, 3.05) is 13.2 Å². The largest absolute Gasteiger partial charge is 0.381 e. The summed E-state index contributed by atoms with van der Waals surface area (Å²) in [4.78, 5) is 72.1. The lowest BCUT2D eigenvalue weighted by atomic mass is 9.90. The molecule has 3 aromatic rings. The van der Waals surface area contributed by atoms with Crippen LogP contribution in [0.1, 0.15) is 114 Å². The molecule has 1 saturated heterocycles. The highest BCUT2D eigenvalue weighted by atomic mass is 35.5. The molecule has 0 saturated carbocycles. The first kappa shape index (κ1) is 36.9. The summed E-state index contributed by atoms with van der Waals surface area (Å²) in [5, 5.41) is 11.9. The van der Waals surface area contributed by atoms with E-state index in [1.807, 2.05) is 37.3 Å². The van der Waals surface area contributed by atoms with Gasteiger partial charge >= 0.3 is 0 Å². The van der Waals surface area contributed by atoms with Gasteiger partial charge in [-0.15, -0.1) is 22.0 Å². The molecule has 0 bridgehead atoms. The Morgan fingerprint density at radius 2 is 1.77 bits per heavy atom. The van der Waals surface area contributed by atoms with Crippen LogP contribution in [-0.2, 0) is 25.5 Å². The van der Waals surface area contributed by atoms with E-state index in [0.29, 0.717) is 67.3 Å². The normalized spacial score (nSPS) is 22.6. The van der Waals surface area contributed by atoms with E-state index in [1.54, 1.807) is 23.9 Å². The van der Waals surface area contributed by atoms with Gasteiger partial charge < -0.3 is 4.74 Å². The maximum Gasteiger partial charge on any atom is 0.262 e. The number of thioether (sulfide) groups is 1. The fourth-order valence-electron chi connectivity index (χ4n) is 7.70. The predicted molar refractivity (Wildman–Crippen MR) is 200 cm³/mol. The average molecular weight is 757 g/mol. The molecule has 5 heterocycles. The number of rotatable bonds is 12. The Kier molecular flexibility index (Phi) is 10.8. The number of fused-ring (bicyclic) bond motifs is 4. The molecule has 0 aliphatic carbocycles. The van der Waals surface area contributed by atoms with Crippen molar-refractivity contribution in [1.29, 1.82) is 0 Å². The Morgan fingerprint density at radius 1 is 1.00 bits per heavy atom. The number of nitrogens with zero attached hydrogens (tertiary/aromatic N) is 5. The predicted octanol–water partition coefficient (Wildman–Crippen LogP) is 6.12. The van der Waals surface area contributed by atoms with Gasteiger partial charge in [0.25, 0.3) is 11.8 Å². The van der Waals surface area contributed by atoms with Crippen LogP contribution in [0.15, 0.2) is 57.9 Å². The number of aliphatic imine (C=N–C) groups is 1. The van der Waals surface area contributed by atoms with Crippen molar-refractivity contribution in [3.05, 3.63) is 91.9 Å². The maximum atomic E-state index is 13.5. The molecule has 1 fully saturated rings. The summed E-state index contributed by atoms with van der Waals surface area (Å²) in [6, 6.07) is 11.3. The number of carbonyl (C=O) groups excluding carboxylic acids is 5. The Bertz CT molecular complexity index is 2060. The van der Waals surface area contributed by atoms with E-state index in [-0.39, 0.29) is 41.9 Å². The highest BCUT2D eigenvalue weighted by Gasteiger charge is 2.45.